The molecule has 0 aliphatic heterocycles. The van der Waals surface area contributed by atoms with Gasteiger partial charge in [0.15, 0.2) is 11.6 Å². The lowest BCUT2D eigenvalue weighted by Gasteiger charge is -2.20. The van der Waals surface area contributed by atoms with E-state index in [-0.39, 0.29) is 22.8 Å². The normalized spacial score (nSPS) is 21.2. The lowest BCUT2D eigenvalue weighted by atomic mass is 10.0. The van der Waals surface area contributed by atoms with E-state index in [1.54, 1.807) is 24.5 Å². The van der Waals surface area contributed by atoms with Crippen molar-refractivity contribution in [2.24, 2.45) is 0 Å². The maximum Gasteiger partial charge on any atom is 0.246 e. The summed E-state index contributed by atoms with van der Waals surface area (Å²) in [5.74, 6) is 0.173. The van der Waals surface area contributed by atoms with Crippen LogP contribution in [0.3, 0.4) is 0 Å². The quantitative estimate of drug-likeness (QED) is 0.760. The van der Waals surface area contributed by atoms with Crippen LogP contribution in [-0.2, 0) is 9.84 Å². The summed E-state index contributed by atoms with van der Waals surface area (Å²) in [5.41, 5.74) is 1.93. The molecule has 8 heteroatoms. The summed E-state index contributed by atoms with van der Waals surface area (Å²) in [6, 6.07) is 5.28. The second kappa shape index (κ2) is 7.90. The highest BCUT2D eigenvalue weighted by atomic mass is 32.2. The van der Waals surface area contributed by atoms with Crippen molar-refractivity contribution in [2.45, 2.75) is 49.3 Å². The minimum Gasteiger partial charge on any atom is -0.494 e. The maximum absolute atomic E-state index is 13.6. The number of nitrogens with zero attached hydrogens (tertiary/aromatic N) is 2. The molecule has 0 spiro atoms. The first-order valence-electron chi connectivity index (χ1n) is 8.89. The van der Waals surface area contributed by atoms with Crippen molar-refractivity contribution in [3.05, 3.63) is 47.5 Å². The Morgan fingerprint density at radius 1 is 1.26 bits per heavy atom. The van der Waals surface area contributed by atoms with Gasteiger partial charge in [-0.1, -0.05) is 6.07 Å². The highest BCUT2D eigenvalue weighted by molar-refractivity contribution is 7.90. The maximum atomic E-state index is 13.6. The summed E-state index contributed by atoms with van der Waals surface area (Å²) in [6.07, 6.45) is 7.24. The molecule has 1 saturated carbocycles. The van der Waals surface area contributed by atoms with Crippen LogP contribution >= 0.6 is 0 Å². The molecule has 1 aliphatic carbocycles. The highest BCUT2D eigenvalue weighted by Gasteiger charge is 2.28. The predicted molar refractivity (Wildman–Crippen MR) is 100 cm³/mol. The average molecular weight is 393 g/mol. The molecule has 0 bridgehead atoms. The molecule has 1 aromatic carbocycles. The van der Waals surface area contributed by atoms with E-state index in [1.807, 2.05) is 6.92 Å². The summed E-state index contributed by atoms with van der Waals surface area (Å²) in [6.45, 7) is 2.05. The van der Waals surface area contributed by atoms with Crippen molar-refractivity contribution >= 4 is 9.84 Å². The van der Waals surface area contributed by atoms with Crippen molar-refractivity contribution in [1.29, 1.82) is 0 Å². The Hall–Kier alpha value is -2.06. The standard InChI is InChI=1S/C19H24FN3O3S/c1-12(13-5-7-17(20)18(9-13)26-2)23-16-6-4-14(8-16)15-10-21-19(22-11-15)27(3,24)25/h5,7,9-12,14,16,23H,4,6,8H2,1-3H3. The van der Waals surface area contributed by atoms with E-state index in [2.05, 4.69) is 15.3 Å². The van der Waals surface area contributed by atoms with Crippen molar-refractivity contribution in [3.63, 3.8) is 0 Å². The van der Waals surface area contributed by atoms with Gasteiger partial charge in [-0.15, -0.1) is 0 Å². The third-order valence-electron chi connectivity index (χ3n) is 5.04. The number of hydrogen-bond donors (Lipinski definition) is 1. The Labute approximate surface area is 159 Å². The summed E-state index contributed by atoms with van der Waals surface area (Å²) >= 11 is 0. The molecular weight excluding hydrogens is 369 g/mol. The molecule has 0 saturated heterocycles. The molecule has 6 nitrogen and oxygen atoms in total. The lowest BCUT2D eigenvalue weighted by Crippen LogP contribution is -2.29. The number of aromatic nitrogens is 2. The molecule has 2 aromatic rings. The van der Waals surface area contributed by atoms with Gasteiger partial charge in [0.1, 0.15) is 0 Å². The van der Waals surface area contributed by atoms with Crippen LogP contribution in [0.25, 0.3) is 0 Å². The minimum atomic E-state index is -3.38. The molecule has 1 N–H and O–H groups in total. The smallest absolute Gasteiger partial charge is 0.246 e. The number of halogens is 1. The van der Waals surface area contributed by atoms with Gasteiger partial charge >= 0.3 is 0 Å². The van der Waals surface area contributed by atoms with Gasteiger partial charge < -0.3 is 10.1 Å². The van der Waals surface area contributed by atoms with E-state index in [4.69, 9.17) is 4.74 Å². The number of rotatable bonds is 6. The fraction of sp³-hybridized carbons (Fsp3) is 0.474. The second-order valence-corrected chi connectivity index (χ2v) is 8.97. The van der Waals surface area contributed by atoms with E-state index in [0.29, 0.717) is 12.0 Å². The summed E-state index contributed by atoms with van der Waals surface area (Å²) in [7, 11) is -1.92. The first-order chi connectivity index (χ1) is 12.8. The SMILES string of the molecule is COc1cc(C(C)NC2CCC(c3cnc(S(C)(=O)=O)nc3)C2)ccc1F. The van der Waals surface area contributed by atoms with Gasteiger partial charge in [0.05, 0.1) is 7.11 Å². The van der Waals surface area contributed by atoms with Crippen molar-refractivity contribution in [3.8, 4) is 5.75 Å². The van der Waals surface area contributed by atoms with Crippen LogP contribution in [-0.4, -0.2) is 37.8 Å². The Morgan fingerprint density at radius 2 is 1.96 bits per heavy atom. The van der Waals surface area contributed by atoms with Crippen LogP contribution in [0.5, 0.6) is 5.75 Å². The predicted octanol–water partition coefficient (Wildman–Crippen LogP) is 3.01. The molecule has 1 fully saturated rings. The zero-order valence-corrected chi connectivity index (χ0v) is 16.5. The van der Waals surface area contributed by atoms with E-state index in [9.17, 15) is 12.8 Å². The highest BCUT2D eigenvalue weighted by Crippen LogP contribution is 2.35. The second-order valence-electron chi connectivity index (χ2n) is 7.06. The molecular formula is C19H24FN3O3S. The molecule has 3 unspecified atom stereocenters. The summed E-state index contributed by atoms with van der Waals surface area (Å²) in [5, 5.41) is 3.45. The Kier molecular flexibility index (Phi) is 5.76. The first kappa shape index (κ1) is 19.7. The van der Waals surface area contributed by atoms with Crippen LogP contribution < -0.4 is 10.1 Å². The van der Waals surface area contributed by atoms with Gasteiger partial charge in [0.25, 0.3) is 0 Å². The van der Waals surface area contributed by atoms with Crippen LogP contribution in [0.15, 0.2) is 35.7 Å². The van der Waals surface area contributed by atoms with Crippen molar-refractivity contribution < 1.29 is 17.5 Å². The number of ether oxygens (including phenoxy) is 1. The third-order valence-corrected chi connectivity index (χ3v) is 5.92. The van der Waals surface area contributed by atoms with Crippen LogP contribution in [0.1, 0.15) is 49.3 Å². The average Bonchev–Trinajstić information content (AvgIpc) is 3.10. The van der Waals surface area contributed by atoms with Gasteiger partial charge in [-0.25, -0.2) is 22.8 Å². The van der Waals surface area contributed by atoms with Crippen LogP contribution in [0.2, 0.25) is 0 Å². The Morgan fingerprint density at radius 3 is 2.59 bits per heavy atom. The number of methoxy groups -OCH3 is 1. The number of nitrogens with one attached hydrogen (secondary N) is 1. The molecule has 1 heterocycles. The fourth-order valence-electron chi connectivity index (χ4n) is 3.56. The van der Waals surface area contributed by atoms with E-state index >= 15 is 0 Å². The molecule has 1 aromatic heterocycles. The van der Waals surface area contributed by atoms with Gasteiger partial charge in [-0.05, 0) is 55.4 Å². The van der Waals surface area contributed by atoms with E-state index in [1.165, 1.54) is 13.2 Å². The topological polar surface area (TPSA) is 81.2 Å². The molecule has 3 rings (SSSR count). The van der Waals surface area contributed by atoms with E-state index < -0.39 is 9.84 Å². The van der Waals surface area contributed by atoms with Gasteiger partial charge in [-0.3, -0.25) is 0 Å². The van der Waals surface area contributed by atoms with Crippen LogP contribution in [0.4, 0.5) is 4.39 Å². The summed E-state index contributed by atoms with van der Waals surface area (Å²) < 4.78 is 41.6. The molecule has 146 valence electrons. The zero-order chi connectivity index (χ0) is 19.6. The van der Waals surface area contributed by atoms with Crippen molar-refractivity contribution in [2.75, 3.05) is 13.4 Å². The largest absolute Gasteiger partial charge is 0.494 e. The zero-order valence-electron chi connectivity index (χ0n) is 15.6. The molecule has 27 heavy (non-hydrogen) atoms. The molecule has 0 radical (unpaired) electrons. The lowest BCUT2D eigenvalue weighted by molar-refractivity contribution is 0.384. The van der Waals surface area contributed by atoms with Crippen LogP contribution in [0, 0.1) is 5.82 Å². The first-order valence-corrected chi connectivity index (χ1v) is 10.8. The van der Waals surface area contributed by atoms with Gasteiger partial charge in [-0.2, -0.15) is 0 Å². The monoisotopic (exact) mass is 393 g/mol. The molecule has 3 atom stereocenters. The van der Waals surface area contributed by atoms with Gasteiger partial charge in [0, 0.05) is 30.7 Å². The number of benzene rings is 1. The number of sulfone groups is 1. The molecule has 0 amide bonds. The molecule has 1 aliphatic rings. The number of hydrogen-bond acceptors (Lipinski definition) is 6. The fourth-order valence-corrected chi connectivity index (χ4v) is 4.05. The Bertz CT molecular complexity index is 903. The van der Waals surface area contributed by atoms with E-state index in [0.717, 1.165) is 36.6 Å². The van der Waals surface area contributed by atoms with Crippen molar-refractivity contribution in [1.82, 2.24) is 15.3 Å². The van der Waals surface area contributed by atoms with Gasteiger partial charge in [0.2, 0.25) is 15.0 Å². The summed E-state index contributed by atoms with van der Waals surface area (Å²) in [4.78, 5) is 7.97. The Balaban J connectivity index is 1.62. The minimum absolute atomic E-state index is 0.0621. The third kappa shape index (κ3) is 4.62.